The van der Waals surface area contributed by atoms with E-state index in [9.17, 15) is 0 Å². The number of hydrogen-bond donors (Lipinski definition) is 1. The van der Waals surface area contributed by atoms with Crippen LogP contribution in [-0.2, 0) is 13.5 Å². The maximum Gasteiger partial charge on any atom is 0.107 e. The van der Waals surface area contributed by atoms with Crippen LogP contribution < -0.4 is 5.73 Å². The second-order valence-corrected chi connectivity index (χ2v) is 2.88. The highest BCUT2D eigenvalue weighted by atomic mass is 79.9. The Balaban J connectivity index is 2.83. The lowest BCUT2D eigenvalue weighted by molar-refractivity contribution is 0.879. The standard InChI is InChI=1S/C6H10BrN3/c1-10-4-9-5(2-3-8)6(10)7/h4H,2-3,8H2,1H3. The summed E-state index contributed by atoms with van der Waals surface area (Å²) in [5.74, 6) is 0. The number of imidazole rings is 1. The van der Waals surface area contributed by atoms with Crippen molar-refractivity contribution in [3.05, 3.63) is 16.6 Å². The van der Waals surface area contributed by atoms with Gasteiger partial charge in [0.25, 0.3) is 0 Å². The molecule has 0 saturated carbocycles. The van der Waals surface area contributed by atoms with Crippen molar-refractivity contribution >= 4 is 15.9 Å². The Labute approximate surface area is 68.4 Å². The number of aryl methyl sites for hydroxylation is 1. The van der Waals surface area contributed by atoms with Gasteiger partial charge in [0, 0.05) is 13.5 Å². The molecule has 0 amide bonds. The molecule has 0 aliphatic rings. The molecular weight excluding hydrogens is 194 g/mol. The maximum absolute atomic E-state index is 5.37. The molecule has 0 radical (unpaired) electrons. The fraction of sp³-hybridized carbons (Fsp3) is 0.500. The van der Waals surface area contributed by atoms with Gasteiger partial charge in [0.1, 0.15) is 4.60 Å². The van der Waals surface area contributed by atoms with E-state index in [0.29, 0.717) is 6.54 Å². The summed E-state index contributed by atoms with van der Waals surface area (Å²) >= 11 is 3.40. The van der Waals surface area contributed by atoms with Gasteiger partial charge in [0.15, 0.2) is 0 Å². The molecule has 1 rings (SSSR count). The van der Waals surface area contributed by atoms with Crippen LogP contribution in [0.1, 0.15) is 5.69 Å². The molecule has 1 aromatic rings. The van der Waals surface area contributed by atoms with E-state index in [0.717, 1.165) is 16.7 Å². The van der Waals surface area contributed by atoms with E-state index in [1.165, 1.54) is 0 Å². The largest absolute Gasteiger partial charge is 0.330 e. The lowest BCUT2D eigenvalue weighted by atomic mass is 10.3. The normalized spacial score (nSPS) is 10.3. The van der Waals surface area contributed by atoms with Crippen molar-refractivity contribution in [1.29, 1.82) is 0 Å². The molecule has 0 saturated heterocycles. The molecule has 0 atom stereocenters. The fourth-order valence-electron chi connectivity index (χ4n) is 0.768. The number of halogens is 1. The summed E-state index contributed by atoms with van der Waals surface area (Å²) in [6.07, 6.45) is 2.61. The average Bonchev–Trinajstić information content (AvgIpc) is 2.20. The van der Waals surface area contributed by atoms with Gasteiger partial charge < -0.3 is 10.3 Å². The summed E-state index contributed by atoms with van der Waals surface area (Å²) in [7, 11) is 1.94. The predicted octanol–water partition coefficient (Wildman–Crippen LogP) is 0.684. The first kappa shape index (κ1) is 7.75. The molecule has 56 valence electrons. The highest BCUT2D eigenvalue weighted by molar-refractivity contribution is 9.10. The first-order valence-electron chi connectivity index (χ1n) is 3.11. The van der Waals surface area contributed by atoms with Gasteiger partial charge in [-0.05, 0) is 22.5 Å². The van der Waals surface area contributed by atoms with Gasteiger partial charge in [-0.3, -0.25) is 0 Å². The Morgan fingerprint density at radius 3 is 2.90 bits per heavy atom. The van der Waals surface area contributed by atoms with Crippen LogP contribution in [0.2, 0.25) is 0 Å². The molecule has 0 fully saturated rings. The molecule has 3 nitrogen and oxygen atoms in total. The van der Waals surface area contributed by atoms with Gasteiger partial charge >= 0.3 is 0 Å². The summed E-state index contributed by atoms with van der Waals surface area (Å²) in [4.78, 5) is 4.14. The molecule has 0 spiro atoms. The Morgan fingerprint density at radius 1 is 1.80 bits per heavy atom. The topological polar surface area (TPSA) is 43.8 Å². The fourth-order valence-corrected chi connectivity index (χ4v) is 1.16. The van der Waals surface area contributed by atoms with Crippen molar-refractivity contribution in [1.82, 2.24) is 9.55 Å². The van der Waals surface area contributed by atoms with Crippen LogP contribution in [0.4, 0.5) is 0 Å². The number of nitrogens with two attached hydrogens (primary N) is 1. The molecule has 0 aliphatic heterocycles. The molecule has 2 N–H and O–H groups in total. The molecule has 1 aromatic heterocycles. The van der Waals surface area contributed by atoms with Crippen molar-refractivity contribution in [2.75, 3.05) is 6.54 Å². The number of aromatic nitrogens is 2. The zero-order chi connectivity index (χ0) is 7.56. The zero-order valence-corrected chi connectivity index (χ0v) is 7.43. The molecule has 1 heterocycles. The third-order valence-corrected chi connectivity index (χ3v) is 2.33. The molecule has 0 aromatic carbocycles. The van der Waals surface area contributed by atoms with Crippen LogP contribution >= 0.6 is 15.9 Å². The summed E-state index contributed by atoms with van der Waals surface area (Å²) in [6, 6.07) is 0. The van der Waals surface area contributed by atoms with E-state index in [-0.39, 0.29) is 0 Å². The van der Waals surface area contributed by atoms with Crippen LogP contribution in [0.5, 0.6) is 0 Å². The van der Waals surface area contributed by atoms with Gasteiger partial charge in [-0.25, -0.2) is 4.98 Å². The van der Waals surface area contributed by atoms with Crippen LogP contribution in [0.3, 0.4) is 0 Å². The van der Waals surface area contributed by atoms with Gasteiger partial charge in [-0.2, -0.15) is 0 Å². The van der Waals surface area contributed by atoms with Crippen molar-refractivity contribution in [2.45, 2.75) is 6.42 Å². The Bertz CT molecular complexity index is 219. The summed E-state index contributed by atoms with van der Waals surface area (Å²) in [5, 5.41) is 0. The summed E-state index contributed by atoms with van der Waals surface area (Å²) < 4.78 is 2.95. The zero-order valence-electron chi connectivity index (χ0n) is 5.84. The van der Waals surface area contributed by atoms with Crippen molar-refractivity contribution in [3.63, 3.8) is 0 Å². The molecular formula is C6H10BrN3. The van der Waals surface area contributed by atoms with Gasteiger partial charge in [-0.1, -0.05) is 0 Å². The molecule has 0 aliphatic carbocycles. The van der Waals surface area contributed by atoms with E-state index < -0.39 is 0 Å². The smallest absolute Gasteiger partial charge is 0.107 e. The van der Waals surface area contributed by atoms with Crippen molar-refractivity contribution in [3.8, 4) is 0 Å². The van der Waals surface area contributed by atoms with E-state index in [1.807, 2.05) is 11.6 Å². The molecule has 0 bridgehead atoms. The lowest BCUT2D eigenvalue weighted by Crippen LogP contribution is -2.03. The highest BCUT2D eigenvalue weighted by Crippen LogP contribution is 2.13. The second-order valence-electron chi connectivity index (χ2n) is 2.13. The summed E-state index contributed by atoms with van der Waals surface area (Å²) in [6.45, 7) is 0.648. The lowest BCUT2D eigenvalue weighted by Gasteiger charge is -1.94. The monoisotopic (exact) mass is 203 g/mol. The molecule has 4 heteroatoms. The number of nitrogens with zero attached hydrogens (tertiary/aromatic N) is 2. The summed E-state index contributed by atoms with van der Waals surface area (Å²) in [5.41, 5.74) is 6.40. The van der Waals surface area contributed by atoms with Gasteiger partial charge in [0.05, 0.1) is 12.0 Å². The minimum Gasteiger partial charge on any atom is -0.330 e. The Hall–Kier alpha value is -0.350. The van der Waals surface area contributed by atoms with Crippen LogP contribution in [0, 0.1) is 0 Å². The number of hydrogen-bond acceptors (Lipinski definition) is 2. The van der Waals surface area contributed by atoms with Crippen LogP contribution in [-0.4, -0.2) is 16.1 Å². The predicted molar refractivity (Wildman–Crippen MR) is 43.7 cm³/mol. The Morgan fingerprint density at radius 2 is 2.50 bits per heavy atom. The third kappa shape index (κ3) is 1.38. The third-order valence-electron chi connectivity index (χ3n) is 1.32. The minimum atomic E-state index is 0.648. The SMILES string of the molecule is Cn1cnc(CCN)c1Br. The Kier molecular flexibility index (Phi) is 2.45. The van der Waals surface area contributed by atoms with Crippen LogP contribution in [0.15, 0.2) is 10.9 Å². The number of rotatable bonds is 2. The highest BCUT2D eigenvalue weighted by Gasteiger charge is 2.02. The average molecular weight is 204 g/mol. The second kappa shape index (κ2) is 3.16. The van der Waals surface area contributed by atoms with Crippen molar-refractivity contribution in [2.24, 2.45) is 12.8 Å². The van der Waals surface area contributed by atoms with Gasteiger partial charge in [0.2, 0.25) is 0 Å². The quantitative estimate of drug-likeness (QED) is 0.769. The van der Waals surface area contributed by atoms with E-state index in [2.05, 4.69) is 20.9 Å². The van der Waals surface area contributed by atoms with Crippen LogP contribution in [0.25, 0.3) is 0 Å². The van der Waals surface area contributed by atoms with E-state index >= 15 is 0 Å². The van der Waals surface area contributed by atoms with Crippen molar-refractivity contribution < 1.29 is 0 Å². The first-order valence-corrected chi connectivity index (χ1v) is 3.90. The maximum atomic E-state index is 5.37. The van der Waals surface area contributed by atoms with E-state index in [1.54, 1.807) is 6.33 Å². The molecule has 0 unspecified atom stereocenters. The van der Waals surface area contributed by atoms with E-state index in [4.69, 9.17) is 5.73 Å². The van der Waals surface area contributed by atoms with Gasteiger partial charge in [-0.15, -0.1) is 0 Å². The first-order chi connectivity index (χ1) is 4.75. The minimum absolute atomic E-state index is 0.648. The molecule has 10 heavy (non-hydrogen) atoms.